The minimum Gasteiger partial charge on any atom is -0.501 e. The first-order valence-corrected chi connectivity index (χ1v) is 14.8. The van der Waals surface area contributed by atoms with Crippen LogP contribution in [0, 0.1) is 11.6 Å². The maximum absolute atomic E-state index is 12.9. The topological polar surface area (TPSA) is 176 Å². The van der Waals surface area contributed by atoms with E-state index in [0.717, 1.165) is 20.5 Å². The maximum Gasteiger partial charge on any atom is 0.300 e. The molecule has 0 aliphatic heterocycles. The maximum atomic E-state index is 12.9. The molecule has 0 spiro atoms. The summed E-state index contributed by atoms with van der Waals surface area (Å²) in [4.78, 5) is 47.8. The summed E-state index contributed by atoms with van der Waals surface area (Å²) in [6.45, 7) is 0.344. The number of hydrogen-bond acceptors (Lipinski definition) is 9. The summed E-state index contributed by atoms with van der Waals surface area (Å²) in [6.07, 6.45) is 4.03. The third kappa shape index (κ3) is 8.10. The largest absolute Gasteiger partial charge is 0.501 e. The van der Waals surface area contributed by atoms with Crippen LogP contribution in [0.4, 0.5) is 8.78 Å². The molecule has 0 aliphatic rings. The molecule has 0 unspecified atom stereocenters. The van der Waals surface area contributed by atoms with Crippen molar-refractivity contribution in [3.8, 4) is 5.75 Å². The first-order valence-electron chi connectivity index (χ1n) is 13.4. The van der Waals surface area contributed by atoms with Gasteiger partial charge in [-0.05, 0) is 53.6 Å². The van der Waals surface area contributed by atoms with Crippen LogP contribution >= 0.6 is 0 Å². The van der Waals surface area contributed by atoms with Crippen molar-refractivity contribution in [1.29, 1.82) is 0 Å². The predicted octanol–water partition coefficient (Wildman–Crippen LogP) is 2.27. The van der Waals surface area contributed by atoms with Crippen LogP contribution in [-0.2, 0) is 23.1 Å². The number of amides is 2. The molecule has 238 valence electrons. The summed E-state index contributed by atoms with van der Waals surface area (Å²) in [5, 5.41) is 15.3. The molecule has 0 atom stereocenters. The summed E-state index contributed by atoms with van der Waals surface area (Å²) in [5.41, 5.74) is -0.0820. The Labute approximate surface area is 261 Å². The van der Waals surface area contributed by atoms with Gasteiger partial charge in [0.25, 0.3) is 11.8 Å². The summed E-state index contributed by atoms with van der Waals surface area (Å²) >= 11 is 0. The van der Waals surface area contributed by atoms with Crippen LogP contribution in [0.1, 0.15) is 32.2 Å². The lowest BCUT2D eigenvalue weighted by atomic mass is 10.2. The number of hydrogen-bond donors (Lipinski definition) is 3. The summed E-state index contributed by atoms with van der Waals surface area (Å²) in [6, 6.07) is 15.5. The quantitative estimate of drug-likeness (QED) is 0.227. The van der Waals surface area contributed by atoms with Gasteiger partial charge in [0.1, 0.15) is 17.3 Å². The highest BCUT2D eigenvalue weighted by atomic mass is 32.2. The van der Waals surface area contributed by atoms with Crippen LogP contribution in [-0.4, -0.2) is 63.1 Å². The molecular weight excluding hydrogens is 624 g/mol. The molecule has 3 N–H and O–H groups in total. The molecule has 13 nitrogen and oxygen atoms in total. The van der Waals surface area contributed by atoms with Crippen LogP contribution in [0.15, 0.2) is 95.0 Å². The Morgan fingerprint density at radius 3 is 1.89 bits per heavy atom. The van der Waals surface area contributed by atoms with Gasteiger partial charge in [0.15, 0.2) is 5.69 Å². The standard InChI is InChI=1S/C18H17FN4O5S.C12H10FN3O/c1-22(2)29(27,28)13-7-8-14-21-15(16(24)18(26)23(14)10-13)17(25)20-9-11-3-5-12(19)6-4-11;13-10-4-2-9(3-5-10)8-16-12(17)11-14-6-1-7-15-11/h3-8,10,24H,9H2,1-2H3,(H,20,25);1-7H,8H2,(H,16,17). The molecule has 0 saturated heterocycles. The first kappa shape index (κ1) is 33.3. The molecule has 0 fully saturated rings. The van der Waals surface area contributed by atoms with E-state index in [2.05, 4.69) is 25.6 Å². The number of aromatic nitrogens is 4. The molecule has 5 rings (SSSR count). The van der Waals surface area contributed by atoms with Crippen LogP contribution in [0.3, 0.4) is 0 Å². The van der Waals surface area contributed by atoms with E-state index in [1.165, 1.54) is 75.0 Å². The van der Waals surface area contributed by atoms with Crippen molar-refractivity contribution in [2.24, 2.45) is 0 Å². The summed E-state index contributed by atoms with van der Waals surface area (Å²) in [5.74, 6) is -2.68. The number of aromatic hydroxyl groups is 1. The monoisotopic (exact) mass is 651 g/mol. The molecule has 0 bridgehead atoms. The third-order valence-electron chi connectivity index (χ3n) is 6.27. The van der Waals surface area contributed by atoms with E-state index in [4.69, 9.17) is 0 Å². The van der Waals surface area contributed by atoms with Gasteiger partial charge >= 0.3 is 5.56 Å². The van der Waals surface area contributed by atoms with Crippen molar-refractivity contribution in [2.45, 2.75) is 18.0 Å². The van der Waals surface area contributed by atoms with Crippen LogP contribution in [0.2, 0.25) is 0 Å². The molecule has 3 aromatic heterocycles. The van der Waals surface area contributed by atoms with Crippen molar-refractivity contribution in [1.82, 2.24) is 34.3 Å². The normalized spacial score (nSPS) is 11.1. The highest BCUT2D eigenvalue weighted by Gasteiger charge is 2.22. The van der Waals surface area contributed by atoms with E-state index in [1.807, 2.05) is 0 Å². The van der Waals surface area contributed by atoms with Gasteiger partial charge in [-0.2, -0.15) is 0 Å². The number of nitrogens with one attached hydrogen (secondary N) is 2. The van der Waals surface area contributed by atoms with E-state index in [9.17, 15) is 36.7 Å². The molecule has 0 radical (unpaired) electrons. The second kappa shape index (κ2) is 14.4. The lowest BCUT2D eigenvalue weighted by Crippen LogP contribution is -2.28. The van der Waals surface area contributed by atoms with E-state index in [-0.39, 0.29) is 34.6 Å². The van der Waals surface area contributed by atoms with E-state index >= 15 is 0 Å². The second-order valence-corrected chi connectivity index (χ2v) is 11.8. The average Bonchev–Trinajstić information content (AvgIpc) is 3.06. The molecule has 0 saturated carbocycles. The van der Waals surface area contributed by atoms with Gasteiger partial charge in [0, 0.05) is 45.8 Å². The smallest absolute Gasteiger partial charge is 0.300 e. The van der Waals surface area contributed by atoms with Crippen LogP contribution < -0.4 is 16.2 Å². The van der Waals surface area contributed by atoms with Gasteiger partial charge in [-0.15, -0.1) is 0 Å². The van der Waals surface area contributed by atoms with Crippen molar-refractivity contribution >= 4 is 27.5 Å². The molecule has 46 heavy (non-hydrogen) atoms. The number of benzene rings is 2. The molecule has 5 aromatic rings. The number of halogens is 2. The number of pyridine rings is 1. The summed E-state index contributed by atoms with van der Waals surface area (Å²) in [7, 11) is -1.13. The SMILES string of the molecule is CN(C)S(=O)(=O)c1ccc2nc(C(=O)NCc3ccc(F)cc3)c(O)c(=O)n2c1.O=C(NCc1ccc(F)cc1)c1ncccn1. The van der Waals surface area contributed by atoms with Crippen molar-refractivity contribution in [3.63, 3.8) is 0 Å². The zero-order valence-electron chi connectivity index (χ0n) is 24.4. The number of nitrogens with zero attached hydrogens (tertiary/aromatic N) is 5. The fourth-order valence-electron chi connectivity index (χ4n) is 3.78. The van der Waals surface area contributed by atoms with Gasteiger partial charge in [-0.25, -0.2) is 36.5 Å². The number of carbonyl (C=O) groups excluding carboxylic acids is 2. The van der Waals surface area contributed by atoms with E-state index in [0.29, 0.717) is 12.1 Å². The Morgan fingerprint density at radius 1 is 0.848 bits per heavy atom. The van der Waals surface area contributed by atoms with Crippen LogP contribution in [0.25, 0.3) is 5.65 Å². The molecule has 16 heteroatoms. The Bertz CT molecular complexity index is 2020. The van der Waals surface area contributed by atoms with Crippen molar-refractivity contribution in [2.75, 3.05) is 14.1 Å². The Hall–Kier alpha value is -5.61. The highest BCUT2D eigenvalue weighted by molar-refractivity contribution is 7.89. The highest BCUT2D eigenvalue weighted by Crippen LogP contribution is 2.16. The molecule has 2 aromatic carbocycles. The van der Waals surface area contributed by atoms with E-state index in [1.54, 1.807) is 18.2 Å². The Morgan fingerprint density at radius 2 is 1.37 bits per heavy atom. The minimum absolute atomic E-state index is 0.0163. The van der Waals surface area contributed by atoms with Gasteiger partial charge in [0.2, 0.25) is 21.6 Å². The first-order chi connectivity index (χ1) is 21.9. The predicted molar refractivity (Wildman–Crippen MR) is 161 cm³/mol. The molecule has 3 heterocycles. The lowest BCUT2D eigenvalue weighted by molar-refractivity contribution is 0.0933. The molecular formula is C30H27F2N7O6S. The number of rotatable bonds is 8. The Kier molecular flexibility index (Phi) is 10.5. The second-order valence-electron chi connectivity index (χ2n) is 9.69. The number of fused-ring (bicyclic) bond motifs is 1. The zero-order valence-corrected chi connectivity index (χ0v) is 25.2. The fourth-order valence-corrected chi connectivity index (χ4v) is 4.68. The van der Waals surface area contributed by atoms with Crippen molar-refractivity contribution in [3.05, 3.63) is 130 Å². The molecule has 0 aliphatic carbocycles. The lowest BCUT2D eigenvalue weighted by Gasteiger charge is -2.13. The molecule has 2 amide bonds. The number of sulfonamides is 1. The van der Waals surface area contributed by atoms with Gasteiger partial charge in [0.05, 0.1) is 4.90 Å². The van der Waals surface area contributed by atoms with Crippen LogP contribution in [0.5, 0.6) is 5.75 Å². The van der Waals surface area contributed by atoms with Gasteiger partial charge < -0.3 is 15.7 Å². The Balaban J connectivity index is 0.000000240. The minimum atomic E-state index is -3.81. The summed E-state index contributed by atoms with van der Waals surface area (Å²) < 4.78 is 51.9. The average molecular weight is 652 g/mol. The zero-order chi connectivity index (χ0) is 33.4. The van der Waals surface area contributed by atoms with Gasteiger partial charge in [-0.3, -0.25) is 18.8 Å². The van der Waals surface area contributed by atoms with Crippen molar-refractivity contribution < 1.29 is 31.9 Å². The fraction of sp³-hybridized carbons (Fsp3) is 0.133. The van der Waals surface area contributed by atoms with E-state index < -0.39 is 38.8 Å². The van der Waals surface area contributed by atoms with Gasteiger partial charge in [-0.1, -0.05) is 24.3 Å². The number of carbonyl (C=O) groups is 2. The third-order valence-corrected chi connectivity index (χ3v) is 8.07.